The van der Waals surface area contributed by atoms with Crippen LogP contribution in [0.1, 0.15) is 53.0 Å². The summed E-state index contributed by atoms with van der Waals surface area (Å²) in [5.74, 6) is 0.755. The SMILES string of the molecule is CCc1cc(C(=O)c2ccc(C)cc2)n(C/C=C/c2cccc(O[C@@H](CC)COO)c2)c1. The molecule has 1 atom stereocenters. The lowest BCUT2D eigenvalue weighted by atomic mass is 10.1. The number of rotatable bonds is 11. The Kier molecular flexibility index (Phi) is 8.42. The fraction of sp³-hybridized carbons (Fsp3) is 0.296. The monoisotopic (exact) mass is 433 g/mol. The summed E-state index contributed by atoms with van der Waals surface area (Å²) in [5.41, 5.74) is 4.66. The number of benzene rings is 2. The molecule has 1 aromatic heterocycles. The van der Waals surface area contributed by atoms with Gasteiger partial charge in [-0.1, -0.05) is 68.0 Å². The van der Waals surface area contributed by atoms with Crippen molar-refractivity contribution in [1.82, 2.24) is 4.57 Å². The number of hydrogen-bond acceptors (Lipinski definition) is 4. The second kappa shape index (κ2) is 11.5. The van der Waals surface area contributed by atoms with Crippen LogP contribution in [0.25, 0.3) is 6.08 Å². The van der Waals surface area contributed by atoms with E-state index in [1.54, 1.807) is 0 Å². The van der Waals surface area contributed by atoms with Crippen molar-refractivity contribution in [2.45, 2.75) is 46.3 Å². The number of aromatic nitrogens is 1. The Labute approximate surface area is 189 Å². The van der Waals surface area contributed by atoms with Crippen LogP contribution in [-0.4, -0.2) is 28.3 Å². The molecule has 5 nitrogen and oxygen atoms in total. The third-order valence-corrected chi connectivity index (χ3v) is 5.40. The van der Waals surface area contributed by atoms with E-state index in [4.69, 9.17) is 9.99 Å². The molecule has 1 heterocycles. The van der Waals surface area contributed by atoms with E-state index in [1.807, 2.05) is 91.4 Å². The van der Waals surface area contributed by atoms with E-state index >= 15 is 0 Å². The Morgan fingerprint density at radius 1 is 1.12 bits per heavy atom. The molecule has 32 heavy (non-hydrogen) atoms. The van der Waals surface area contributed by atoms with E-state index < -0.39 is 0 Å². The zero-order valence-corrected chi connectivity index (χ0v) is 19.0. The summed E-state index contributed by atoms with van der Waals surface area (Å²) in [6, 6.07) is 17.4. The van der Waals surface area contributed by atoms with Gasteiger partial charge in [-0.3, -0.25) is 10.1 Å². The first kappa shape index (κ1) is 23.5. The first-order chi connectivity index (χ1) is 15.5. The van der Waals surface area contributed by atoms with Crippen molar-refractivity contribution in [3.8, 4) is 5.75 Å². The van der Waals surface area contributed by atoms with E-state index in [2.05, 4.69) is 11.8 Å². The Morgan fingerprint density at radius 3 is 2.59 bits per heavy atom. The van der Waals surface area contributed by atoms with Crippen LogP contribution in [0.5, 0.6) is 5.75 Å². The minimum Gasteiger partial charge on any atom is -0.488 e. The van der Waals surface area contributed by atoms with Gasteiger partial charge in [-0.15, -0.1) is 0 Å². The Morgan fingerprint density at radius 2 is 1.91 bits per heavy atom. The zero-order valence-electron chi connectivity index (χ0n) is 19.0. The Bertz CT molecular complexity index is 1050. The summed E-state index contributed by atoms with van der Waals surface area (Å²) in [7, 11) is 0. The van der Waals surface area contributed by atoms with Gasteiger partial charge in [0.1, 0.15) is 18.5 Å². The van der Waals surface area contributed by atoms with Crippen molar-refractivity contribution >= 4 is 11.9 Å². The number of carbonyl (C=O) groups is 1. The van der Waals surface area contributed by atoms with Crippen molar-refractivity contribution in [2.24, 2.45) is 0 Å². The lowest BCUT2D eigenvalue weighted by molar-refractivity contribution is -0.254. The molecule has 3 rings (SSSR count). The second-order valence-electron chi connectivity index (χ2n) is 7.85. The average Bonchev–Trinajstić information content (AvgIpc) is 3.22. The van der Waals surface area contributed by atoms with Crippen LogP contribution in [0.2, 0.25) is 0 Å². The third-order valence-electron chi connectivity index (χ3n) is 5.40. The van der Waals surface area contributed by atoms with Crippen molar-refractivity contribution in [1.29, 1.82) is 0 Å². The van der Waals surface area contributed by atoms with Gasteiger partial charge in [0, 0.05) is 18.3 Å². The van der Waals surface area contributed by atoms with Gasteiger partial charge in [0.05, 0.1) is 5.69 Å². The Balaban J connectivity index is 1.74. The lowest BCUT2D eigenvalue weighted by Gasteiger charge is -2.16. The molecule has 0 radical (unpaired) electrons. The van der Waals surface area contributed by atoms with Gasteiger partial charge in [-0.25, -0.2) is 4.89 Å². The summed E-state index contributed by atoms with van der Waals surface area (Å²) < 4.78 is 7.87. The summed E-state index contributed by atoms with van der Waals surface area (Å²) in [5, 5.41) is 8.67. The molecule has 0 aliphatic carbocycles. The fourth-order valence-electron chi connectivity index (χ4n) is 3.46. The van der Waals surface area contributed by atoms with Crippen molar-refractivity contribution in [3.63, 3.8) is 0 Å². The van der Waals surface area contributed by atoms with E-state index in [0.29, 0.717) is 17.8 Å². The normalized spacial score (nSPS) is 12.2. The second-order valence-corrected chi connectivity index (χ2v) is 7.85. The number of carbonyl (C=O) groups excluding carboxylic acids is 1. The lowest BCUT2D eigenvalue weighted by Crippen LogP contribution is -2.21. The van der Waals surface area contributed by atoms with Crippen LogP contribution < -0.4 is 4.74 Å². The average molecular weight is 434 g/mol. The van der Waals surface area contributed by atoms with E-state index in [-0.39, 0.29) is 18.5 Å². The van der Waals surface area contributed by atoms with Crippen LogP contribution in [0, 0.1) is 6.92 Å². The molecule has 5 heteroatoms. The van der Waals surface area contributed by atoms with Gasteiger partial charge >= 0.3 is 0 Å². The molecule has 0 aliphatic rings. The minimum absolute atomic E-state index is 0.0326. The largest absolute Gasteiger partial charge is 0.488 e. The minimum atomic E-state index is -0.207. The standard InChI is InChI=1S/C27H31NO4/c1-4-21-17-26(27(29)23-13-11-20(3)12-14-23)28(18-21)15-7-9-22-8-6-10-25(16-22)32-24(5-2)19-31-30/h6-14,16-18,24,30H,4-5,15,19H2,1-3H3/b9-7+/t24-/m0/s1. The first-order valence-electron chi connectivity index (χ1n) is 11.0. The number of aryl methyl sites for hydroxylation is 2. The summed E-state index contributed by atoms with van der Waals surface area (Å²) in [6.07, 6.45) is 7.50. The van der Waals surface area contributed by atoms with Gasteiger partial charge in [0.25, 0.3) is 0 Å². The van der Waals surface area contributed by atoms with Crippen LogP contribution in [-0.2, 0) is 17.9 Å². The number of ketones is 1. The predicted molar refractivity (Wildman–Crippen MR) is 127 cm³/mol. The van der Waals surface area contributed by atoms with E-state index in [0.717, 1.165) is 35.3 Å². The van der Waals surface area contributed by atoms with Crippen molar-refractivity contribution < 1.29 is 19.7 Å². The molecule has 0 saturated heterocycles. The maximum atomic E-state index is 13.1. The molecule has 0 spiro atoms. The van der Waals surface area contributed by atoms with Crippen molar-refractivity contribution in [3.05, 3.63) is 94.8 Å². The molecule has 1 N–H and O–H groups in total. The van der Waals surface area contributed by atoms with Gasteiger partial charge in [-0.2, -0.15) is 0 Å². The highest BCUT2D eigenvalue weighted by molar-refractivity contribution is 6.08. The molecule has 3 aromatic rings. The fourth-order valence-corrected chi connectivity index (χ4v) is 3.46. The van der Waals surface area contributed by atoms with Crippen LogP contribution in [0.4, 0.5) is 0 Å². The molecule has 2 aromatic carbocycles. The highest BCUT2D eigenvalue weighted by Gasteiger charge is 2.15. The molecule has 168 valence electrons. The molecule has 0 unspecified atom stereocenters. The van der Waals surface area contributed by atoms with Gasteiger partial charge < -0.3 is 9.30 Å². The molecule has 0 amide bonds. The van der Waals surface area contributed by atoms with Crippen LogP contribution >= 0.6 is 0 Å². The van der Waals surface area contributed by atoms with E-state index in [9.17, 15) is 4.79 Å². The van der Waals surface area contributed by atoms with E-state index in [1.165, 1.54) is 0 Å². The molecular weight excluding hydrogens is 402 g/mol. The molecule has 0 aliphatic heterocycles. The molecule has 0 fully saturated rings. The predicted octanol–water partition coefficient (Wildman–Crippen LogP) is 5.95. The molecule has 0 saturated carbocycles. The van der Waals surface area contributed by atoms with Gasteiger partial charge in [-0.05, 0) is 49.1 Å². The smallest absolute Gasteiger partial charge is 0.209 e. The quantitative estimate of drug-likeness (QED) is 0.231. The molecular formula is C27H31NO4. The maximum Gasteiger partial charge on any atom is 0.209 e. The number of ether oxygens (including phenoxy) is 1. The maximum absolute atomic E-state index is 13.1. The van der Waals surface area contributed by atoms with Gasteiger partial charge in [0.2, 0.25) is 5.78 Å². The third kappa shape index (κ3) is 6.19. The highest BCUT2D eigenvalue weighted by Crippen LogP contribution is 2.19. The van der Waals surface area contributed by atoms with Crippen LogP contribution in [0.15, 0.2) is 66.9 Å². The first-order valence-corrected chi connectivity index (χ1v) is 11.0. The van der Waals surface area contributed by atoms with Gasteiger partial charge in [0.15, 0.2) is 0 Å². The van der Waals surface area contributed by atoms with Crippen molar-refractivity contribution in [2.75, 3.05) is 6.61 Å². The number of allylic oxidation sites excluding steroid dienone is 1. The summed E-state index contributed by atoms with van der Waals surface area (Å²) in [4.78, 5) is 17.3. The summed E-state index contributed by atoms with van der Waals surface area (Å²) in [6.45, 7) is 6.80. The highest BCUT2D eigenvalue weighted by atomic mass is 17.1. The topological polar surface area (TPSA) is 60.7 Å². The Hall–Kier alpha value is -3.15. The summed E-state index contributed by atoms with van der Waals surface area (Å²) >= 11 is 0. The molecule has 0 bridgehead atoms. The number of nitrogens with zero attached hydrogens (tertiary/aromatic N) is 1. The number of hydrogen-bond donors (Lipinski definition) is 1. The van der Waals surface area contributed by atoms with Crippen LogP contribution in [0.3, 0.4) is 0 Å². The zero-order chi connectivity index (χ0) is 22.9.